The summed E-state index contributed by atoms with van der Waals surface area (Å²) >= 11 is 1.57. The summed E-state index contributed by atoms with van der Waals surface area (Å²) in [7, 11) is 1.89. The fourth-order valence-corrected chi connectivity index (χ4v) is 3.30. The Hall–Kier alpha value is -1.44. The molecule has 1 saturated heterocycles. The third-order valence-electron chi connectivity index (χ3n) is 4.01. The summed E-state index contributed by atoms with van der Waals surface area (Å²) < 4.78 is 5.23. The first-order valence-electron chi connectivity index (χ1n) is 7.57. The maximum atomic E-state index is 12.3. The molecule has 1 N–H and O–H groups in total. The van der Waals surface area contributed by atoms with Crippen LogP contribution in [-0.4, -0.2) is 47.1 Å². The second kappa shape index (κ2) is 8.42. The highest BCUT2D eigenvalue weighted by Gasteiger charge is 2.22. The van der Waals surface area contributed by atoms with Gasteiger partial charge < -0.3 is 14.7 Å². The van der Waals surface area contributed by atoms with E-state index in [0.29, 0.717) is 30.6 Å². The standard InChI is InChI=1S/C15H20N4O2S.ClH/c1-19(11-6-8-16-9-7-11)14(20)5-4-13-17-15(18-21-13)12-3-2-10-22-12;/h2-3,10-11,16H,4-9H2,1H3;1H. The Morgan fingerprint density at radius 3 is 2.96 bits per heavy atom. The molecule has 1 fully saturated rings. The number of hydrogen-bond acceptors (Lipinski definition) is 6. The molecule has 6 nitrogen and oxygen atoms in total. The number of piperidine rings is 1. The molecule has 0 saturated carbocycles. The average molecular weight is 357 g/mol. The van der Waals surface area contributed by atoms with E-state index in [-0.39, 0.29) is 18.3 Å². The van der Waals surface area contributed by atoms with Gasteiger partial charge in [-0.3, -0.25) is 4.79 Å². The first kappa shape index (κ1) is 17.9. The second-order valence-electron chi connectivity index (χ2n) is 5.47. The third kappa shape index (κ3) is 4.53. The van der Waals surface area contributed by atoms with Gasteiger partial charge in [0.1, 0.15) is 0 Å². The van der Waals surface area contributed by atoms with Crippen LogP contribution in [0.15, 0.2) is 22.0 Å². The molecule has 0 aliphatic carbocycles. The molecule has 8 heteroatoms. The van der Waals surface area contributed by atoms with Gasteiger partial charge in [0.25, 0.3) is 0 Å². The number of carbonyl (C=O) groups is 1. The Kier molecular flexibility index (Phi) is 6.56. The van der Waals surface area contributed by atoms with Gasteiger partial charge >= 0.3 is 0 Å². The van der Waals surface area contributed by atoms with E-state index in [9.17, 15) is 4.79 Å². The highest BCUT2D eigenvalue weighted by atomic mass is 35.5. The van der Waals surface area contributed by atoms with Crippen LogP contribution in [0.25, 0.3) is 10.7 Å². The zero-order valence-electron chi connectivity index (χ0n) is 13.0. The molecule has 23 heavy (non-hydrogen) atoms. The van der Waals surface area contributed by atoms with Crippen LogP contribution in [-0.2, 0) is 11.2 Å². The van der Waals surface area contributed by atoms with E-state index < -0.39 is 0 Å². The average Bonchev–Trinajstić information content (AvgIpc) is 3.23. The molecule has 0 bridgehead atoms. The lowest BCUT2D eigenvalue weighted by Crippen LogP contribution is -2.44. The molecule has 3 heterocycles. The van der Waals surface area contributed by atoms with Crippen molar-refractivity contribution in [2.75, 3.05) is 20.1 Å². The van der Waals surface area contributed by atoms with Crippen LogP contribution in [0.5, 0.6) is 0 Å². The Bertz CT molecular complexity index is 611. The number of aryl methyl sites for hydroxylation is 1. The number of amides is 1. The largest absolute Gasteiger partial charge is 0.343 e. The summed E-state index contributed by atoms with van der Waals surface area (Å²) in [6.07, 6.45) is 2.94. The molecule has 1 aliphatic rings. The number of hydrogen-bond donors (Lipinski definition) is 1. The first-order valence-corrected chi connectivity index (χ1v) is 8.45. The summed E-state index contributed by atoms with van der Waals surface area (Å²) in [5, 5.41) is 9.25. The van der Waals surface area contributed by atoms with Gasteiger partial charge in [0.2, 0.25) is 17.6 Å². The summed E-state index contributed by atoms with van der Waals surface area (Å²) in [4.78, 5) is 19.5. The molecule has 0 unspecified atom stereocenters. The van der Waals surface area contributed by atoms with Crippen molar-refractivity contribution in [1.82, 2.24) is 20.4 Å². The molecule has 0 spiro atoms. The molecule has 2 aromatic rings. The Morgan fingerprint density at radius 1 is 1.48 bits per heavy atom. The summed E-state index contributed by atoms with van der Waals surface area (Å²) in [5.41, 5.74) is 0. The number of nitrogens with one attached hydrogen (secondary N) is 1. The normalized spacial score (nSPS) is 15.2. The quantitative estimate of drug-likeness (QED) is 0.890. The maximum Gasteiger partial charge on any atom is 0.227 e. The van der Waals surface area contributed by atoms with Crippen molar-refractivity contribution in [3.05, 3.63) is 23.4 Å². The fraction of sp³-hybridized carbons (Fsp3) is 0.533. The number of aromatic nitrogens is 2. The van der Waals surface area contributed by atoms with E-state index >= 15 is 0 Å². The Balaban J connectivity index is 0.00000192. The molecule has 126 valence electrons. The van der Waals surface area contributed by atoms with Crippen LogP contribution in [0.2, 0.25) is 0 Å². The highest BCUT2D eigenvalue weighted by molar-refractivity contribution is 7.13. The first-order chi connectivity index (χ1) is 10.7. The molecule has 0 radical (unpaired) electrons. The fourth-order valence-electron chi connectivity index (χ4n) is 2.65. The van der Waals surface area contributed by atoms with Crippen molar-refractivity contribution in [2.24, 2.45) is 0 Å². The van der Waals surface area contributed by atoms with Gasteiger partial charge in [-0.05, 0) is 37.4 Å². The number of halogens is 1. The Morgan fingerprint density at radius 2 is 2.26 bits per heavy atom. The van der Waals surface area contributed by atoms with Crippen molar-refractivity contribution in [3.8, 4) is 10.7 Å². The second-order valence-corrected chi connectivity index (χ2v) is 6.42. The molecule has 0 atom stereocenters. The molecular weight excluding hydrogens is 336 g/mol. The molecule has 2 aromatic heterocycles. The van der Waals surface area contributed by atoms with E-state index in [0.717, 1.165) is 30.8 Å². The predicted octanol–water partition coefficient (Wildman–Crippen LogP) is 2.36. The lowest BCUT2D eigenvalue weighted by molar-refractivity contribution is -0.132. The van der Waals surface area contributed by atoms with Crippen molar-refractivity contribution in [2.45, 2.75) is 31.7 Å². The van der Waals surface area contributed by atoms with Crippen LogP contribution < -0.4 is 5.32 Å². The lowest BCUT2D eigenvalue weighted by Gasteiger charge is -2.31. The van der Waals surface area contributed by atoms with E-state index in [1.54, 1.807) is 11.3 Å². The van der Waals surface area contributed by atoms with E-state index in [1.807, 2.05) is 29.5 Å². The van der Waals surface area contributed by atoms with Gasteiger partial charge in [0.15, 0.2) is 0 Å². The van der Waals surface area contributed by atoms with Gasteiger partial charge in [-0.1, -0.05) is 11.2 Å². The van der Waals surface area contributed by atoms with Gasteiger partial charge in [-0.2, -0.15) is 4.98 Å². The molecule has 0 aromatic carbocycles. The van der Waals surface area contributed by atoms with Crippen molar-refractivity contribution in [1.29, 1.82) is 0 Å². The summed E-state index contributed by atoms with van der Waals surface area (Å²) in [5.74, 6) is 1.27. The highest BCUT2D eigenvalue weighted by Crippen LogP contribution is 2.21. The number of nitrogens with zero attached hydrogens (tertiary/aromatic N) is 3. The van der Waals surface area contributed by atoms with E-state index in [2.05, 4.69) is 15.5 Å². The minimum Gasteiger partial charge on any atom is -0.343 e. The molecule has 3 rings (SSSR count). The third-order valence-corrected chi connectivity index (χ3v) is 4.88. The van der Waals surface area contributed by atoms with Gasteiger partial charge in [0, 0.05) is 25.9 Å². The summed E-state index contributed by atoms with van der Waals surface area (Å²) in [6, 6.07) is 4.25. The molecular formula is C15H21ClN4O2S. The van der Waals surface area contributed by atoms with Gasteiger partial charge in [-0.15, -0.1) is 23.7 Å². The zero-order chi connectivity index (χ0) is 15.4. The SMILES string of the molecule is CN(C(=O)CCc1nc(-c2cccs2)no1)C1CCNCC1.Cl. The van der Waals surface area contributed by atoms with Crippen molar-refractivity contribution >= 4 is 29.7 Å². The van der Waals surface area contributed by atoms with Crippen LogP contribution in [0.3, 0.4) is 0 Å². The number of carbonyl (C=O) groups excluding carboxylic acids is 1. The van der Waals surface area contributed by atoms with Gasteiger partial charge in [-0.25, -0.2) is 0 Å². The van der Waals surface area contributed by atoms with Crippen LogP contribution >= 0.6 is 23.7 Å². The number of thiophene rings is 1. The van der Waals surface area contributed by atoms with Crippen LogP contribution in [0.4, 0.5) is 0 Å². The molecule has 1 aliphatic heterocycles. The van der Waals surface area contributed by atoms with E-state index in [1.165, 1.54) is 0 Å². The zero-order valence-corrected chi connectivity index (χ0v) is 14.7. The maximum absolute atomic E-state index is 12.3. The summed E-state index contributed by atoms with van der Waals surface area (Å²) in [6.45, 7) is 1.96. The smallest absolute Gasteiger partial charge is 0.227 e. The predicted molar refractivity (Wildman–Crippen MR) is 91.8 cm³/mol. The Labute approximate surface area is 145 Å². The van der Waals surface area contributed by atoms with Crippen LogP contribution in [0.1, 0.15) is 25.2 Å². The monoisotopic (exact) mass is 356 g/mol. The lowest BCUT2D eigenvalue weighted by atomic mass is 10.0. The van der Waals surface area contributed by atoms with Crippen molar-refractivity contribution < 1.29 is 9.32 Å². The minimum atomic E-state index is 0. The molecule has 1 amide bonds. The van der Waals surface area contributed by atoms with Gasteiger partial charge in [0.05, 0.1) is 4.88 Å². The van der Waals surface area contributed by atoms with Crippen LogP contribution in [0, 0.1) is 0 Å². The minimum absolute atomic E-state index is 0. The van der Waals surface area contributed by atoms with E-state index in [4.69, 9.17) is 4.52 Å². The topological polar surface area (TPSA) is 71.3 Å². The van der Waals surface area contributed by atoms with Crippen molar-refractivity contribution in [3.63, 3.8) is 0 Å². The number of rotatable bonds is 5.